The van der Waals surface area contributed by atoms with E-state index in [1.807, 2.05) is 74.0 Å². The van der Waals surface area contributed by atoms with Crippen molar-refractivity contribution >= 4 is 56.7 Å². The summed E-state index contributed by atoms with van der Waals surface area (Å²) in [5, 5.41) is 67.9. The van der Waals surface area contributed by atoms with Crippen molar-refractivity contribution in [3.05, 3.63) is 141 Å². The van der Waals surface area contributed by atoms with Crippen LogP contribution >= 0.6 is 0 Å². The Balaban J connectivity index is 0.000000128. The number of nitrogens with one attached hydrogen (secondary N) is 7. The first-order valence-corrected chi connectivity index (χ1v) is 56.0. The van der Waals surface area contributed by atoms with E-state index < -0.39 is 0 Å². The van der Waals surface area contributed by atoms with Crippen LogP contribution in [0, 0.1) is 66.7 Å². The van der Waals surface area contributed by atoms with E-state index in [4.69, 9.17) is 72.9 Å². The summed E-state index contributed by atoms with van der Waals surface area (Å²) in [6.07, 6.45) is 42.7. The molecule has 0 radical (unpaired) electrons. The van der Waals surface area contributed by atoms with Crippen molar-refractivity contribution in [2.45, 2.75) is 360 Å². The number of rotatable bonds is 26. The molecule has 2 unspecified atom stereocenters. The number of amidine groups is 2. The van der Waals surface area contributed by atoms with Gasteiger partial charge < -0.3 is 109 Å². The average Bonchev–Trinajstić information content (AvgIpc) is 1.29. The zero-order valence-electron chi connectivity index (χ0n) is 91.5. The van der Waals surface area contributed by atoms with Crippen molar-refractivity contribution in [1.82, 2.24) is 97.4 Å². The Labute approximate surface area is 885 Å². The van der Waals surface area contributed by atoms with Gasteiger partial charge in [0.05, 0.1) is 63.3 Å². The molecule has 8 aromatic heterocycles. The van der Waals surface area contributed by atoms with Crippen LogP contribution in [-0.4, -0.2) is 268 Å². The second kappa shape index (κ2) is 53.0. The van der Waals surface area contributed by atoms with Crippen LogP contribution < -0.4 is 57.2 Å². The van der Waals surface area contributed by atoms with Crippen LogP contribution in [-0.2, 0) is 30.2 Å². The number of allylic oxidation sites excluding steroid dienone is 1. The lowest BCUT2D eigenvalue weighted by atomic mass is 9.89. The van der Waals surface area contributed by atoms with Crippen LogP contribution in [0.15, 0.2) is 113 Å². The number of aromatic nitrogens is 12. The highest BCUT2D eigenvalue weighted by molar-refractivity contribution is 6.00. The summed E-state index contributed by atoms with van der Waals surface area (Å²) < 4.78 is 46.0. The van der Waals surface area contributed by atoms with Crippen LogP contribution in [0.3, 0.4) is 0 Å². The molecule has 10 fully saturated rings. The maximum atomic E-state index is 10.2. The van der Waals surface area contributed by atoms with Gasteiger partial charge in [0.2, 0.25) is 11.8 Å². The third kappa shape index (κ3) is 28.5. The zero-order chi connectivity index (χ0) is 105. The smallest absolute Gasteiger partial charge is 0.261 e. The number of fused-ring (bicyclic) bond motifs is 2. The fourth-order valence-corrected chi connectivity index (χ4v) is 23.9. The first-order chi connectivity index (χ1) is 72.9. The van der Waals surface area contributed by atoms with Gasteiger partial charge in [-0.2, -0.15) is 15.0 Å². The number of nitrogens with zero attached hydrogens (tertiary/aromatic N) is 18. The van der Waals surface area contributed by atoms with E-state index in [9.17, 15) is 5.11 Å². The van der Waals surface area contributed by atoms with Gasteiger partial charge in [-0.25, -0.2) is 19.9 Å². The van der Waals surface area contributed by atoms with Gasteiger partial charge in [0.15, 0.2) is 17.5 Å². The zero-order valence-corrected chi connectivity index (χ0v) is 91.5. The number of aryl methyl sites for hydroxylation is 9. The summed E-state index contributed by atoms with van der Waals surface area (Å²) in [6.45, 7) is 29.9. The van der Waals surface area contributed by atoms with Gasteiger partial charge in [0.1, 0.15) is 34.9 Å². The second-order valence-electron chi connectivity index (χ2n) is 43.7. The Kier molecular flexibility index (Phi) is 38.9. The number of oxime groups is 1. The van der Waals surface area contributed by atoms with Crippen LogP contribution in [0.2, 0.25) is 0 Å². The van der Waals surface area contributed by atoms with Crippen molar-refractivity contribution in [2.24, 2.45) is 16.8 Å². The lowest BCUT2D eigenvalue weighted by Crippen LogP contribution is -2.57. The van der Waals surface area contributed by atoms with E-state index in [-0.39, 0.29) is 36.9 Å². The molecule has 0 amide bonds. The summed E-state index contributed by atoms with van der Waals surface area (Å²) in [6, 6.07) is 26.0. The van der Waals surface area contributed by atoms with Crippen LogP contribution in [0.25, 0.3) is 67.6 Å². The summed E-state index contributed by atoms with van der Waals surface area (Å²) in [4.78, 5) is 49.9. The third-order valence-electron chi connectivity index (χ3n) is 32.3. The van der Waals surface area contributed by atoms with Crippen LogP contribution in [0.1, 0.15) is 265 Å². The molecule has 10 aromatic rings. The van der Waals surface area contributed by atoms with E-state index in [0.717, 1.165) is 182 Å². The highest BCUT2D eigenvalue weighted by Crippen LogP contribution is 2.41. The average molecular weight is 2060 g/mol. The lowest BCUT2D eigenvalue weighted by molar-refractivity contribution is 0.0203. The van der Waals surface area contributed by atoms with Crippen molar-refractivity contribution in [1.29, 1.82) is 5.41 Å². The molecular weight excluding hydrogens is 1890 g/mol. The Bertz CT molecular complexity index is 6120. The number of nitrogens with two attached hydrogens (primary N) is 1. The quantitative estimate of drug-likeness (QED) is 0.0180. The molecule has 812 valence electrons. The van der Waals surface area contributed by atoms with Gasteiger partial charge in [-0.1, -0.05) is 147 Å². The van der Waals surface area contributed by atoms with Crippen molar-refractivity contribution in [3.8, 4) is 45.8 Å². The number of likely N-dealkylation sites (tertiary alicyclic amines) is 1. The maximum absolute atomic E-state index is 10.2. The number of benzene rings is 2. The molecule has 21 rings (SSSR count). The first kappa shape index (κ1) is 110. The number of methoxy groups -OCH3 is 4. The van der Waals surface area contributed by atoms with E-state index in [0.29, 0.717) is 143 Å². The molecule has 0 spiro atoms. The Morgan fingerprint density at radius 1 is 0.447 bits per heavy atom. The predicted octanol–water partition coefficient (Wildman–Crippen LogP) is 17.5. The number of aliphatic hydroxyl groups is 1. The molecule has 5 aliphatic carbocycles. The molecule has 5 saturated carbocycles. The van der Waals surface area contributed by atoms with E-state index in [1.54, 1.807) is 27.0 Å². The minimum absolute atomic E-state index is 0.0423. The number of ether oxygens (including phenoxy) is 4. The largest absolute Gasteiger partial charge is 0.421 e. The van der Waals surface area contributed by atoms with E-state index in [1.165, 1.54) is 172 Å². The molecule has 6 aliphatic heterocycles. The van der Waals surface area contributed by atoms with Crippen molar-refractivity contribution in [2.75, 3.05) is 120 Å². The van der Waals surface area contributed by atoms with Gasteiger partial charge >= 0.3 is 0 Å². The fourth-order valence-electron chi connectivity index (χ4n) is 23.9. The molecule has 36 nitrogen and oxygen atoms in total. The van der Waals surface area contributed by atoms with Crippen molar-refractivity contribution in [3.63, 3.8) is 0 Å². The summed E-state index contributed by atoms with van der Waals surface area (Å²) in [5.74, 6) is 9.82. The molecule has 10 atom stereocenters. The number of aliphatic hydroxyl groups excluding tert-OH is 1. The lowest BCUT2D eigenvalue weighted by Gasteiger charge is -2.41. The van der Waals surface area contributed by atoms with Gasteiger partial charge in [0.25, 0.3) is 23.6 Å². The highest BCUT2D eigenvalue weighted by Gasteiger charge is 2.41. The number of pyridine rings is 4. The van der Waals surface area contributed by atoms with E-state index >= 15 is 0 Å². The molecule has 0 bridgehead atoms. The Morgan fingerprint density at radius 3 is 1.27 bits per heavy atom. The molecule has 10 N–H and O–H groups in total. The Morgan fingerprint density at radius 2 is 0.853 bits per heavy atom. The number of anilines is 4. The fraction of sp³-hybridized carbons (Fsp3) is 0.632. The minimum Gasteiger partial charge on any atom is -0.421 e. The van der Waals surface area contributed by atoms with Crippen molar-refractivity contribution < 1.29 is 46.9 Å². The molecule has 5 saturated heterocycles. The number of hydrogen-bond acceptors (Lipinski definition) is 35. The van der Waals surface area contributed by atoms with E-state index in [2.05, 4.69) is 179 Å². The maximum Gasteiger partial charge on any atom is 0.261 e. The molecule has 36 heteroatoms. The molecular formula is C114H166N26O10. The van der Waals surface area contributed by atoms with Crippen LogP contribution in [0.5, 0.6) is 0 Å². The first-order valence-electron chi connectivity index (χ1n) is 56.0. The molecule has 11 aliphatic rings. The summed E-state index contributed by atoms with van der Waals surface area (Å²) in [5.41, 5.74) is 18.2. The van der Waals surface area contributed by atoms with Gasteiger partial charge in [0, 0.05) is 209 Å². The second-order valence-corrected chi connectivity index (χ2v) is 43.7. The number of piperidine rings is 5. The molecule has 2 aromatic carbocycles. The molecule has 150 heavy (non-hydrogen) atoms. The van der Waals surface area contributed by atoms with Gasteiger partial charge in [-0.15, -0.1) is 10.2 Å². The highest BCUT2D eigenvalue weighted by atomic mass is 16.7. The van der Waals surface area contributed by atoms with Gasteiger partial charge in [-0.3, -0.25) is 5.41 Å². The van der Waals surface area contributed by atoms with Crippen LogP contribution in [0.4, 0.5) is 23.3 Å². The topological polar surface area (TPSA) is 424 Å². The van der Waals surface area contributed by atoms with Gasteiger partial charge in [-0.05, 0) is 224 Å². The molecule has 14 heterocycles. The monoisotopic (exact) mass is 2060 g/mol. The minimum atomic E-state index is 0.0423. The SMILES string of the molecule is CCc1noc(-c2cc3cc(C)ccc3nc2N2CC[C@@H](NC3CCCCC3)[C@@H](OC)C2)n1.CO[C@H]1CN(C(=N)C(/C=C(/C)N)=C2NC(C)=NO2)CC[C@H]1NC1CCCCC1.CO[C@H]1CN(c2nc(C)c(C)cc2-c2nc(C)no2)CC[C@H]1NC1CCCCC1.CO[C@H]1CN(c2ncc(C)cc2-c2nc(C)no2)CC[C@H]1NC1CCCCC1.Cc1ccc2nc(N3CCC(NC4CCCCC4)C(CO)C3)c(-c3nnc(C)o3)cc2c1. The normalized spacial score (nSPS) is 24.0. The summed E-state index contributed by atoms with van der Waals surface area (Å²) in [7, 11) is 7.22. The number of hydrogen-bond donors (Lipinski definition) is 9. The Hall–Kier alpha value is -11.1. The third-order valence-corrected chi connectivity index (χ3v) is 32.3. The summed E-state index contributed by atoms with van der Waals surface area (Å²) >= 11 is 0. The predicted molar refractivity (Wildman–Crippen MR) is 589 cm³/mol. The standard InChI is InChI=1S/C26H35N5O2.C25H33N5O2.C22H33N5O2.C21H31N5O2.C20H34N6O2/c1-4-24-29-26(33-30-24)20-15-18-14-17(2)10-11-21(18)28-25(20)31-13-12-22(23(16-31)32-3)27-19-8-6-5-7-9-19;1-16-8-9-22-18(12-16)13-21(25-29-28-17(2)32-25)24(27-22)30-11-10-23(19(14-30)15-31)26-20-6-4-3-5-7-20;1-14-12-18(22-24-16(3)26-29-22)21(23-15(14)2)27-11-10-19(20(13-27)28-4)25-17-8-6-5-7-9-17;1-14-11-17(21-23-15(2)25-28-21)20(22-12-14)26-10-9-18(19(13-26)27-3)24-16-7-5-4-6-8-16;1-13(21)11-16(20-23-14(2)25-28-20)19(22)26-10-9-17(18(12-26)27-3)24-15-7-5-4-6-8-15/h10-11,14-15,19,22-23,27H,4-9,12-13,16H2,1-3H3;8-9,12-13,19-20,23,26,31H,3-7,10-11,14-15H2,1-2H3;12,17,19-20,25H,5-11,13H2,1-4H3;11-12,16,18-19,24H,4-10,13H2,1-3H3;11,15,17-18,22,24H,4-10,12,21H2,1-3H3,(H,23,25)/b;;;;13-11-,20-16?,22-19?/t22-,23+;;19-,20+;18-,19+;17-,18+/m1.111/s1.